The van der Waals surface area contributed by atoms with Gasteiger partial charge in [0.1, 0.15) is 12.3 Å². The van der Waals surface area contributed by atoms with Gasteiger partial charge in [-0.25, -0.2) is 4.57 Å². The van der Waals surface area contributed by atoms with Crippen LogP contribution in [0.2, 0.25) is 0 Å². The number of ether oxygens (including phenoxy) is 1. The van der Waals surface area contributed by atoms with E-state index in [-0.39, 0.29) is 11.8 Å². The summed E-state index contributed by atoms with van der Waals surface area (Å²) in [5, 5.41) is 0. The Kier molecular flexibility index (Phi) is 16.9. The highest BCUT2D eigenvalue weighted by molar-refractivity contribution is 6.05. The minimum atomic E-state index is -0.240. The molecule has 1 heterocycles. The summed E-state index contributed by atoms with van der Waals surface area (Å²) in [4.78, 5) is 27.2. The highest BCUT2D eigenvalue weighted by Gasteiger charge is 2.23. The second kappa shape index (κ2) is 20.2. The van der Waals surface area contributed by atoms with Crippen LogP contribution in [0.3, 0.4) is 0 Å². The smallest absolute Gasteiger partial charge is 0.260 e. The van der Waals surface area contributed by atoms with Gasteiger partial charge in [0.25, 0.3) is 5.91 Å². The standard InChI is InChI=1S/C35H55N2O3/c1-5-7-8-9-10-11-12-13-14-15-16-19-29-40-34-25-20-24-33(30(34)3)35(39)37(31(4)38)28-21-23-32-22-17-18-27-36(32)26-6-2/h17-18,20,22,24-25,27H,5-16,19,21,23,26,28-29H2,1-4H3/q+1. The van der Waals surface area contributed by atoms with Crippen LogP contribution >= 0.6 is 0 Å². The van der Waals surface area contributed by atoms with Crippen molar-refractivity contribution in [2.75, 3.05) is 13.2 Å². The highest BCUT2D eigenvalue weighted by atomic mass is 16.5. The Hall–Kier alpha value is -2.69. The molecule has 2 amide bonds. The van der Waals surface area contributed by atoms with Crippen LogP contribution in [-0.4, -0.2) is 29.9 Å². The molecule has 0 bridgehead atoms. The second-order valence-electron chi connectivity index (χ2n) is 11.1. The lowest BCUT2D eigenvalue weighted by molar-refractivity contribution is -0.704. The van der Waals surface area contributed by atoms with Crippen molar-refractivity contribution in [3.05, 3.63) is 59.4 Å². The van der Waals surface area contributed by atoms with Crippen molar-refractivity contribution in [3.63, 3.8) is 0 Å². The number of nitrogens with zero attached hydrogens (tertiary/aromatic N) is 2. The number of carbonyl (C=O) groups excluding carboxylic acids is 2. The Labute approximate surface area is 244 Å². The fourth-order valence-electron chi connectivity index (χ4n) is 5.29. The summed E-state index contributed by atoms with van der Waals surface area (Å²) in [6, 6.07) is 11.8. The van der Waals surface area contributed by atoms with Crippen LogP contribution in [0.4, 0.5) is 0 Å². The van der Waals surface area contributed by atoms with Gasteiger partial charge in [0.2, 0.25) is 5.91 Å². The summed E-state index contributed by atoms with van der Waals surface area (Å²) in [5.41, 5.74) is 2.58. The van der Waals surface area contributed by atoms with Gasteiger partial charge in [-0.05, 0) is 31.9 Å². The molecule has 0 aliphatic rings. The topological polar surface area (TPSA) is 50.5 Å². The number of benzene rings is 1. The van der Waals surface area contributed by atoms with Crippen molar-refractivity contribution in [1.82, 2.24) is 4.90 Å². The van der Waals surface area contributed by atoms with Crippen molar-refractivity contribution < 1.29 is 18.9 Å². The number of amides is 2. The van der Waals surface area contributed by atoms with E-state index in [9.17, 15) is 9.59 Å². The number of hydrogen-bond donors (Lipinski definition) is 0. The zero-order valence-electron chi connectivity index (χ0n) is 25.9. The van der Waals surface area contributed by atoms with Crippen LogP contribution in [-0.2, 0) is 17.8 Å². The number of hydrogen-bond acceptors (Lipinski definition) is 3. The molecule has 0 aliphatic carbocycles. The average molecular weight is 552 g/mol. The molecule has 1 aromatic heterocycles. The molecule has 0 atom stereocenters. The number of imide groups is 1. The van der Waals surface area contributed by atoms with Crippen molar-refractivity contribution in [3.8, 4) is 5.75 Å². The SMILES string of the molecule is CCCCCCCCCCCCCCOc1cccc(C(=O)N(CCCc2cccc[n+]2CCC)C(C)=O)c1C. The first kappa shape index (κ1) is 33.5. The second-order valence-corrected chi connectivity index (χ2v) is 11.1. The van der Waals surface area contributed by atoms with Gasteiger partial charge in [-0.3, -0.25) is 14.5 Å². The van der Waals surface area contributed by atoms with Gasteiger partial charge in [-0.1, -0.05) is 96.6 Å². The lowest BCUT2D eigenvalue weighted by atomic mass is 10.1. The third kappa shape index (κ3) is 12.2. The third-order valence-corrected chi connectivity index (χ3v) is 7.71. The quantitative estimate of drug-likeness (QED) is 0.116. The number of carbonyl (C=O) groups is 2. The summed E-state index contributed by atoms with van der Waals surface area (Å²) in [6.45, 7) is 9.85. The van der Waals surface area contributed by atoms with Crippen LogP contribution in [0.25, 0.3) is 0 Å². The van der Waals surface area contributed by atoms with E-state index in [0.29, 0.717) is 18.7 Å². The van der Waals surface area contributed by atoms with Gasteiger partial charge in [0, 0.05) is 49.6 Å². The minimum Gasteiger partial charge on any atom is -0.493 e. The molecule has 0 spiro atoms. The maximum atomic E-state index is 13.4. The lowest BCUT2D eigenvalue weighted by Crippen LogP contribution is -2.39. The van der Waals surface area contributed by atoms with Crippen LogP contribution in [0.15, 0.2) is 42.6 Å². The van der Waals surface area contributed by atoms with Gasteiger partial charge in [-0.2, -0.15) is 0 Å². The number of pyridine rings is 1. The molecule has 2 aromatic rings. The molecule has 0 aliphatic heterocycles. The van der Waals surface area contributed by atoms with E-state index >= 15 is 0 Å². The Bertz CT molecular complexity index is 1000. The maximum Gasteiger partial charge on any atom is 0.260 e. The monoisotopic (exact) mass is 551 g/mol. The molecule has 2 rings (SSSR count). The normalized spacial score (nSPS) is 11.0. The van der Waals surface area contributed by atoms with Gasteiger partial charge < -0.3 is 4.74 Å². The van der Waals surface area contributed by atoms with E-state index in [0.717, 1.165) is 43.5 Å². The van der Waals surface area contributed by atoms with Gasteiger partial charge in [-0.15, -0.1) is 0 Å². The number of rotatable bonds is 21. The van der Waals surface area contributed by atoms with Crippen molar-refractivity contribution in [1.29, 1.82) is 0 Å². The highest BCUT2D eigenvalue weighted by Crippen LogP contribution is 2.23. The number of aromatic nitrogens is 1. The molecule has 0 saturated carbocycles. The van der Waals surface area contributed by atoms with Crippen molar-refractivity contribution in [2.24, 2.45) is 0 Å². The predicted octanol–water partition coefficient (Wildman–Crippen LogP) is 8.39. The van der Waals surface area contributed by atoms with Crippen LogP contribution in [0, 0.1) is 6.92 Å². The lowest BCUT2D eigenvalue weighted by Gasteiger charge is -2.21. The average Bonchev–Trinajstić information content (AvgIpc) is 2.95. The molecule has 5 nitrogen and oxygen atoms in total. The first-order chi connectivity index (χ1) is 19.5. The fraction of sp³-hybridized carbons (Fsp3) is 0.629. The van der Waals surface area contributed by atoms with Crippen molar-refractivity contribution in [2.45, 2.75) is 131 Å². The first-order valence-corrected chi connectivity index (χ1v) is 16.0. The summed E-state index contributed by atoms with van der Waals surface area (Å²) in [5.74, 6) is 0.277. The van der Waals surface area contributed by atoms with Gasteiger partial charge in [0.05, 0.1) is 6.61 Å². The molecule has 0 fully saturated rings. The van der Waals surface area contributed by atoms with E-state index in [1.165, 1.54) is 88.1 Å². The minimum absolute atomic E-state index is 0.221. The molecule has 0 N–H and O–H groups in total. The van der Waals surface area contributed by atoms with E-state index in [4.69, 9.17) is 4.74 Å². The summed E-state index contributed by atoms with van der Waals surface area (Å²) in [6.07, 6.45) is 20.5. The molecule has 1 aromatic carbocycles. The third-order valence-electron chi connectivity index (χ3n) is 7.71. The van der Waals surface area contributed by atoms with Crippen LogP contribution in [0.1, 0.15) is 132 Å². The van der Waals surface area contributed by atoms with E-state index in [2.05, 4.69) is 30.7 Å². The summed E-state index contributed by atoms with van der Waals surface area (Å²) in [7, 11) is 0. The first-order valence-electron chi connectivity index (χ1n) is 16.0. The van der Waals surface area contributed by atoms with Crippen LogP contribution < -0.4 is 9.30 Å². The summed E-state index contributed by atoms with van der Waals surface area (Å²) >= 11 is 0. The van der Waals surface area contributed by atoms with Gasteiger partial charge in [0.15, 0.2) is 11.9 Å². The largest absolute Gasteiger partial charge is 0.493 e. The zero-order valence-corrected chi connectivity index (χ0v) is 25.9. The van der Waals surface area contributed by atoms with Crippen molar-refractivity contribution >= 4 is 11.8 Å². The molecule has 0 radical (unpaired) electrons. The Morgan fingerprint density at radius 1 is 0.775 bits per heavy atom. The predicted molar refractivity (Wildman–Crippen MR) is 165 cm³/mol. The Balaban J connectivity index is 1.76. The molecule has 0 saturated heterocycles. The van der Waals surface area contributed by atoms with E-state index in [1.807, 2.05) is 31.2 Å². The number of unbranched alkanes of at least 4 members (excludes halogenated alkanes) is 11. The molecule has 222 valence electrons. The molecule has 40 heavy (non-hydrogen) atoms. The zero-order chi connectivity index (χ0) is 29.0. The molecule has 5 heteroatoms. The van der Waals surface area contributed by atoms with E-state index < -0.39 is 0 Å². The maximum absolute atomic E-state index is 13.4. The molecular formula is C35H55N2O3+. The molecular weight excluding hydrogens is 496 g/mol. The molecule has 0 unspecified atom stereocenters. The van der Waals surface area contributed by atoms with E-state index in [1.54, 1.807) is 6.07 Å². The summed E-state index contributed by atoms with van der Waals surface area (Å²) < 4.78 is 8.33. The van der Waals surface area contributed by atoms with Gasteiger partial charge >= 0.3 is 0 Å². The Morgan fingerprint density at radius 3 is 2.05 bits per heavy atom. The Morgan fingerprint density at radius 2 is 1.43 bits per heavy atom. The van der Waals surface area contributed by atoms with Crippen LogP contribution in [0.5, 0.6) is 5.75 Å². The number of aryl methyl sites for hydroxylation is 2. The fourth-order valence-corrected chi connectivity index (χ4v) is 5.29.